The molecule has 0 fully saturated rings. The van der Waals surface area contributed by atoms with Crippen molar-refractivity contribution in [1.29, 1.82) is 0 Å². The number of benzene rings is 1. The summed E-state index contributed by atoms with van der Waals surface area (Å²) in [6.07, 6.45) is 3.15. The average molecular weight is 346 g/mol. The number of thioether (sulfide) groups is 1. The van der Waals surface area contributed by atoms with E-state index in [0.717, 1.165) is 4.34 Å². The van der Waals surface area contributed by atoms with Crippen LogP contribution in [0.5, 0.6) is 0 Å². The first-order valence-corrected chi connectivity index (χ1v) is 8.47. The molecule has 0 bridgehead atoms. The molecule has 5 nitrogen and oxygen atoms in total. The van der Waals surface area contributed by atoms with E-state index in [-0.39, 0.29) is 17.5 Å². The van der Waals surface area contributed by atoms with Gasteiger partial charge >= 0.3 is 0 Å². The Kier molecular flexibility index (Phi) is 4.94. The molecule has 8 heteroatoms. The van der Waals surface area contributed by atoms with Gasteiger partial charge < -0.3 is 5.32 Å². The first kappa shape index (κ1) is 15.6. The summed E-state index contributed by atoms with van der Waals surface area (Å²) >= 11 is 2.69. The summed E-state index contributed by atoms with van der Waals surface area (Å²) in [5.41, 5.74) is 3.55. The average Bonchev–Trinajstić information content (AvgIpc) is 3.07. The number of amides is 1. The maximum absolute atomic E-state index is 13.4. The quantitative estimate of drug-likeness (QED) is 0.717. The minimum atomic E-state index is -0.330. The van der Waals surface area contributed by atoms with E-state index >= 15 is 0 Å². The summed E-state index contributed by atoms with van der Waals surface area (Å²) in [4.78, 5) is 16.1. The van der Waals surface area contributed by atoms with Crippen molar-refractivity contribution in [3.8, 4) is 11.1 Å². The Morgan fingerprint density at radius 2 is 2.26 bits per heavy atom. The Balaban J connectivity index is 1.74. The maximum Gasteiger partial charge on any atom is 0.234 e. The zero-order valence-corrected chi connectivity index (χ0v) is 13.4. The summed E-state index contributed by atoms with van der Waals surface area (Å²) in [5, 5.41) is 10.4. The zero-order valence-electron chi connectivity index (χ0n) is 11.8. The van der Waals surface area contributed by atoms with Gasteiger partial charge in [-0.2, -0.15) is 0 Å². The first-order chi connectivity index (χ1) is 11.2. The molecule has 0 aliphatic heterocycles. The van der Waals surface area contributed by atoms with Gasteiger partial charge in [-0.3, -0.25) is 9.78 Å². The SMILES string of the molecule is O=C(CSc1nncs1)Nc1cnccc1-c1cccc(F)c1. The summed E-state index contributed by atoms with van der Waals surface area (Å²) in [5.74, 6) is -0.300. The Morgan fingerprint density at radius 1 is 1.35 bits per heavy atom. The number of carbonyl (C=O) groups excluding carboxylic acids is 1. The van der Waals surface area contributed by atoms with E-state index in [4.69, 9.17) is 0 Å². The Labute approximate surface area is 140 Å². The number of nitrogens with one attached hydrogen (secondary N) is 1. The summed E-state index contributed by atoms with van der Waals surface area (Å²) in [6.45, 7) is 0. The molecule has 23 heavy (non-hydrogen) atoms. The van der Waals surface area contributed by atoms with Crippen LogP contribution in [0.15, 0.2) is 52.6 Å². The molecule has 116 valence electrons. The van der Waals surface area contributed by atoms with Crippen molar-refractivity contribution in [2.45, 2.75) is 4.34 Å². The third kappa shape index (κ3) is 4.11. The van der Waals surface area contributed by atoms with E-state index in [1.165, 1.54) is 35.2 Å². The van der Waals surface area contributed by atoms with Gasteiger partial charge in [0.25, 0.3) is 0 Å². The summed E-state index contributed by atoms with van der Waals surface area (Å²) in [7, 11) is 0. The number of anilines is 1. The van der Waals surface area contributed by atoms with Gasteiger partial charge in [-0.1, -0.05) is 35.2 Å². The number of hydrogen-bond donors (Lipinski definition) is 1. The highest BCUT2D eigenvalue weighted by Crippen LogP contribution is 2.28. The minimum absolute atomic E-state index is 0.184. The third-order valence-electron chi connectivity index (χ3n) is 2.90. The van der Waals surface area contributed by atoms with Gasteiger partial charge in [0.2, 0.25) is 5.91 Å². The van der Waals surface area contributed by atoms with Crippen LogP contribution < -0.4 is 5.32 Å². The monoisotopic (exact) mass is 346 g/mol. The molecule has 3 aromatic rings. The number of rotatable bonds is 5. The number of aromatic nitrogens is 3. The highest BCUT2D eigenvalue weighted by atomic mass is 32.2. The standard InChI is InChI=1S/C15H11FN4OS2/c16-11-3-1-2-10(6-11)12-4-5-17-7-13(12)19-14(21)8-22-15-20-18-9-23-15/h1-7,9H,8H2,(H,19,21). The van der Waals surface area contributed by atoms with Crippen LogP contribution in [0.3, 0.4) is 0 Å². The van der Waals surface area contributed by atoms with E-state index in [0.29, 0.717) is 16.8 Å². The third-order valence-corrected chi connectivity index (χ3v) is 4.76. The molecule has 0 unspecified atom stereocenters. The van der Waals surface area contributed by atoms with E-state index in [2.05, 4.69) is 20.5 Å². The molecule has 0 aliphatic rings. The highest BCUT2D eigenvalue weighted by Gasteiger charge is 2.10. The largest absolute Gasteiger partial charge is 0.323 e. The molecule has 3 rings (SSSR count). The fraction of sp³-hybridized carbons (Fsp3) is 0.0667. The number of pyridine rings is 1. The lowest BCUT2D eigenvalue weighted by Gasteiger charge is -2.10. The first-order valence-electron chi connectivity index (χ1n) is 6.61. The predicted molar refractivity (Wildman–Crippen MR) is 88.9 cm³/mol. The van der Waals surface area contributed by atoms with Crippen molar-refractivity contribution < 1.29 is 9.18 Å². The molecule has 2 heterocycles. The second kappa shape index (κ2) is 7.30. The number of hydrogen-bond acceptors (Lipinski definition) is 6. The van der Waals surface area contributed by atoms with Gasteiger partial charge in [0.05, 0.1) is 17.6 Å². The lowest BCUT2D eigenvalue weighted by Crippen LogP contribution is -2.14. The van der Waals surface area contributed by atoms with Crippen molar-refractivity contribution in [2.75, 3.05) is 11.1 Å². The van der Waals surface area contributed by atoms with E-state index in [9.17, 15) is 9.18 Å². The number of carbonyl (C=O) groups is 1. The summed E-state index contributed by atoms with van der Waals surface area (Å²) in [6, 6.07) is 7.94. The molecule has 0 atom stereocenters. The Morgan fingerprint density at radius 3 is 3.04 bits per heavy atom. The van der Waals surface area contributed by atoms with Crippen molar-refractivity contribution in [3.63, 3.8) is 0 Å². The summed E-state index contributed by atoms with van der Waals surface area (Å²) < 4.78 is 14.1. The molecule has 0 radical (unpaired) electrons. The van der Waals surface area contributed by atoms with Crippen LogP contribution in [0, 0.1) is 5.82 Å². The lowest BCUT2D eigenvalue weighted by molar-refractivity contribution is -0.113. The molecular weight excluding hydrogens is 335 g/mol. The molecule has 1 N–H and O–H groups in total. The van der Waals surface area contributed by atoms with Crippen molar-refractivity contribution in [3.05, 3.63) is 54.1 Å². The normalized spacial score (nSPS) is 10.5. The van der Waals surface area contributed by atoms with E-state index in [1.807, 2.05) is 0 Å². The van der Waals surface area contributed by atoms with E-state index < -0.39 is 0 Å². The van der Waals surface area contributed by atoms with Gasteiger partial charge in [0.15, 0.2) is 4.34 Å². The second-order valence-corrected chi connectivity index (χ2v) is 6.53. The highest BCUT2D eigenvalue weighted by molar-refractivity contribution is 8.01. The van der Waals surface area contributed by atoms with Gasteiger partial charge in [0.1, 0.15) is 11.3 Å². The molecule has 0 spiro atoms. The lowest BCUT2D eigenvalue weighted by atomic mass is 10.1. The van der Waals surface area contributed by atoms with Crippen LogP contribution >= 0.6 is 23.1 Å². The van der Waals surface area contributed by atoms with Crippen molar-refractivity contribution in [2.24, 2.45) is 0 Å². The molecule has 0 aliphatic carbocycles. The van der Waals surface area contributed by atoms with Crippen LogP contribution in [-0.4, -0.2) is 26.8 Å². The fourth-order valence-electron chi connectivity index (χ4n) is 1.94. The molecule has 1 aromatic carbocycles. The number of halogens is 1. The predicted octanol–water partition coefficient (Wildman–Crippen LogP) is 3.47. The maximum atomic E-state index is 13.4. The van der Waals surface area contributed by atoms with E-state index in [1.54, 1.807) is 36.1 Å². The van der Waals surface area contributed by atoms with Gasteiger partial charge in [-0.05, 0) is 23.8 Å². The minimum Gasteiger partial charge on any atom is -0.323 e. The Hall–Kier alpha value is -2.32. The van der Waals surface area contributed by atoms with Gasteiger partial charge in [-0.25, -0.2) is 4.39 Å². The molecule has 0 saturated carbocycles. The topological polar surface area (TPSA) is 67.8 Å². The van der Waals surface area contributed by atoms with Crippen LogP contribution in [0.4, 0.5) is 10.1 Å². The van der Waals surface area contributed by atoms with Gasteiger partial charge in [0, 0.05) is 11.8 Å². The molecule has 0 saturated heterocycles. The van der Waals surface area contributed by atoms with Crippen molar-refractivity contribution in [1.82, 2.24) is 15.2 Å². The second-order valence-electron chi connectivity index (χ2n) is 4.47. The Bertz CT molecular complexity index is 811. The fourth-order valence-corrected chi connectivity index (χ4v) is 3.23. The van der Waals surface area contributed by atoms with Gasteiger partial charge in [-0.15, -0.1) is 10.2 Å². The van der Waals surface area contributed by atoms with Crippen LogP contribution in [0.25, 0.3) is 11.1 Å². The van der Waals surface area contributed by atoms with Crippen LogP contribution in [0.1, 0.15) is 0 Å². The molecule has 2 aromatic heterocycles. The van der Waals surface area contributed by atoms with Crippen LogP contribution in [0.2, 0.25) is 0 Å². The zero-order chi connectivity index (χ0) is 16.1. The number of nitrogens with zero attached hydrogens (tertiary/aromatic N) is 3. The van der Waals surface area contributed by atoms with Crippen molar-refractivity contribution >= 4 is 34.7 Å². The molecular formula is C15H11FN4OS2. The van der Waals surface area contributed by atoms with Crippen LogP contribution in [-0.2, 0) is 4.79 Å². The molecule has 1 amide bonds. The smallest absolute Gasteiger partial charge is 0.234 e.